The second-order valence-corrected chi connectivity index (χ2v) is 4.67. The van der Waals surface area contributed by atoms with Crippen LogP contribution in [0.5, 0.6) is 0 Å². The van der Waals surface area contributed by atoms with E-state index in [1.54, 1.807) is 5.38 Å². The highest BCUT2D eigenvalue weighted by Gasteiger charge is 2.35. The van der Waals surface area contributed by atoms with Gasteiger partial charge in [0.25, 0.3) is 0 Å². The van der Waals surface area contributed by atoms with Gasteiger partial charge < -0.3 is 0 Å². The third-order valence-corrected chi connectivity index (χ3v) is 3.52. The number of nitrogens with zero attached hydrogens (tertiary/aromatic N) is 3. The summed E-state index contributed by atoms with van der Waals surface area (Å²) in [4.78, 5) is 3.66. The van der Waals surface area contributed by atoms with Crippen LogP contribution in [0.1, 0.15) is 21.6 Å². The smallest absolute Gasteiger partial charge is 0.270 e. The Bertz CT molecular complexity index is 480. The molecule has 0 radical (unpaired) electrons. The van der Waals surface area contributed by atoms with Gasteiger partial charge in [-0.05, 0) is 11.5 Å². The monoisotopic (exact) mass is 281 g/mol. The molecule has 17 heavy (non-hydrogen) atoms. The van der Waals surface area contributed by atoms with E-state index in [-0.39, 0.29) is 0 Å². The molecular weight excluding hydrogens is 275 g/mol. The third-order valence-electron chi connectivity index (χ3n) is 1.89. The first-order chi connectivity index (χ1) is 8.02. The molecular formula is C7H6F3N5S2. The lowest BCUT2D eigenvalue weighted by molar-refractivity contribution is -0.137. The van der Waals surface area contributed by atoms with Crippen LogP contribution in [0.3, 0.4) is 0 Å². The number of rotatable bonds is 3. The summed E-state index contributed by atoms with van der Waals surface area (Å²) in [6, 6.07) is -0.623. The van der Waals surface area contributed by atoms with E-state index in [0.717, 1.165) is 17.7 Å². The van der Waals surface area contributed by atoms with Gasteiger partial charge in [0.1, 0.15) is 6.04 Å². The fourth-order valence-electron chi connectivity index (χ4n) is 1.16. The molecule has 2 aromatic heterocycles. The van der Waals surface area contributed by atoms with Crippen LogP contribution in [0, 0.1) is 0 Å². The van der Waals surface area contributed by atoms with Crippen LogP contribution in [0.4, 0.5) is 13.2 Å². The van der Waals surface area contributed by atoms with Crippen LogP contribution in [-0.2, 0) is 6.18 Å². The van der Waals surface area contributed by atoms with Gasteiger partial charge in [0.15, 0.2) is 5.01 Å². The lowest BCUT2D eigenvalue weighted by atomic mass is 10.2. The number of nitrogens with two attached hydrogens (primary N) is 1. The number of hydrazine groups is 1. The van der Waals surface area contributed by atoms with Gasteiger partial charge in [-0.1, -0.05) is 4.49 Å². The first kappa shape index (κ1) is 12.4. The summed E-state index contributed by atoms with van der Waals surface area (Å²) in [6.07, 6.45) is -3.31. The molecule has 1 unspecified atom stereocenters. The van der Waals surface area contributed by atoms with Crippen molar-refractivity contribution in [3.63, 3.8) is 0 Å². The molecule has 0 saturated carbocycles. The maximum atomic E-state index is 12.4. The normalized spacial score (nSPS) is 13.9. The second-order valence-electron chi connectivity index (χ2n) is 2.99. The molecule has 10 heteroatoms. The molecule has 2 aromatic rings. The van der Waals surface area contributed by atoms with Crippen LogP contribution in [-0.4, -0.2) is 14.6 Å². The quantitative estimate of drug-likeness (QED) is 0.659. The van der Waals surface area contributed by atoms with Crippen molar-refractivity contribution in [1.29, 1.82) is 0 Å². The predicted molar refractivity (Wildman–Crippen MR) is 56.2 cm³/mol. The summed E-state index contributed by atoms with van der Waals surface area (Å²) in [6.45, 7) is 0. The summed E-state index contributed by atoms with van der Waals surface area (Å²) in [7, 11) is 0. The lowest BCUT2D eigenvalue weighted by Crippen LogP contribution is -2.28. The largest absolute Gasteiger partial charge is 0.443 e. The third kappa shape index (κ3) is 2.60. The Morgan fingerprint density at radius 3 is 2.65 bits per heavy atom. The van der Waals surface area contributed by atoms with Crippen molar-refractivity contribution in [2.24, 2.45) is 5.84 Å². The molecule has 5 nitrogen and oxygen atoms in total. The van der Waals surface area contributed by atoms with E-state index in [0.29, 0.717) is 21.9 Å². The number of thiazole rings is 1. The van der Waals surface area contributed by atoms with Gasteiger partial charge >= 0.3 is 6.18 Å². The lowest BCUT2D eigenvalue weighted by Gasteiger charge is -2.09. The Balaban J connectivity index is 2.30. The van der Waals surface area contributed by atoms with Gasteiger partial charge in [0.2, 0.25) is 0 Å². The summed E-state index contributed by atoms with van der Waals surface area (Å²) >= 11 is 1.62. The maximum absolute atomic E-state index is 12.4. The summed E-state index contributed by atoms with van der Waals surface area (Å²) < 4.78 is 40.8. The Morgan fingerprint density at radius 1 is 1.41 bits per heavy atom. The molecule has 0 amide bonds. The molecule has 2 rings (SSSR count). The van der Waals surface area contributed by atoms with Crippen LogP contribution in [0.2, 0.25) is 0 Å². The highest BCUT2D eigenvalue weighted by Crippen LogP contribution is 2.35. The van der Waals surface area contributed by atoms with Crippen molar-refractivity contribution < 1.29 is 13.2 Å². The van der Waals surface area contributed by atoms with Crippen molar-refractivity contribution >= 4 is 22.9 Å². The Morgan fingerprint density at radius 2 is 2.18 bits per heavy atom. The predicted octanol–water partition coefficient (Wildman–Crippen LogP) is 1.57. The molecule has 1 atom stereocenters. The molecule has 0 aliphatic heterocycles. The van der Waals surface area contributed by atoms with Crippen LogP contribution >= 0.6 is 22.9 Å². The minimum atomic E-state index is -4.44. The van der Waals surface area contributed by atoms with Crippen LogP contribution in [0.25, 0.3) is 0 Å². The van der Waals surface area contributed by atoms with Crippen molar-refractivity contribution in [3.05, 3.63) is 27.2 Å². The standard InChI is InChI=1S/C7H6F3N5S2/c8-7(9,10)6-12-1-4(17-6)5(13-11)3-2-16-15-14-3/h1-2,5,13H,11H2. The van der Waals surface area contributed by atoms with E-state index >= 15 is 0 Å². The van der Waals surface area contributed by atoms with Crippen molar-refractivity contribution in [2.45, 2.75) is 12.2 Å². The SMILES string of the molecule is NNC(c1csnn1)c1cnc(C(F)(F)F)s1. The van der Waals surface area contributed by atoms with Gasteiger partial charge in [0.05, 0.1) is 5.69 Å². The maximum Gasteiger partial charge on any atom is 0.443 e. The molecule has 0 aliphatic carbocycles. The molecule has 92 valence electrons. The number of aromatic nitrogens is 3. The zero-order valence-electron chi connectivity index (χ0n) is 8.10. The number of nitrogens with one attached hydrogen (secondary N) is 1. The fourth-order valence-corrected chi connectivity index (χ4v) is 2.50. The Hall–Kier alpha value is -1.10. The van der Waals surface area contributed by atoms with Crippen LogP contribution < -0.4 is 11.3 Å². The van der Waals surface area contributed by atoms with Crippen molar-refractivity contribution in [3.8, 4) is 0 Å². The minimum absolute atomic E-state index is 0.340. The molecule has 0 aliphatic rings. The topological polar surface area (TPSA) is 76.7 Å². The van der Waals surface area contributed by atoms with Gasteiger partial charge in [-0.15, -0.1) is 16.4 Å². The molecule has 3 N–H and O–H groups in total. The Kier molecular flexibility index (Phi) is 3.38. The first-order valence-corrected chi connectivity index (χ1v) is 5.93. The van der Waals surface area contributed by atoms with E-state index in [1.165, 1.54) is 0 Å². The summed E-state index contributed by atoms with van der Waals surface area (Å²) in [5, 5.41) is 4.46. The number of hydrogen-bond acceptors (Lipinski definition) is 7. The molecule has 0 aromatic carbocycles. The Labute approximate surface area is 102 Å². The van der Waals surface area contributed by atoms with Gasteiger partial charge in [-0.25, -0.2) is 10.4 Å². The van der Waals surface area contributed by atoms with E-state index < -0.39 is 17.2 Å². The van der Waals surface area contributed by atoms with Crippen LogP contribution in [0.15, 0.2) is 11.6 Å². The second kappa shape index (κ2) is 4.64. The number of hydrogen-bond donors (Lipinski definition) is 2. The average Bonchev–Trinajstić information content (AvgIpc) is 2.87. The highest BCUT2D eigenvalue weighted by atomic mass is 32.1. The number of alkyl halides is 3. The van der Waals surface area contributed by atoms with Crippen molar-refractivity contribution in [2.75, 3.05) is 0 Å². The fraction of sp³-hybridized carbons (Fsp3) is 0.286. The minimum Gasteiger partial charge on any atom is -0.270 e. The summed E-state index contributed by atoms with van der Waals surface area (Å²) in [5.41, 5.74) is 2.86. The molecule has 0 spiro atoms. The van der Waals surface area contributed by atoms with Gasteiger partial charge in [-0.3, -0.25) is 5.84 Å². The zero-order chi connectivity index (χ0) is 12.5. The molecule has 2 heterocycles. The van der Waals surface area contributed by atoms with Gasteiger partial charge in [0, 0.05) is 16.5 Å². The zero-order valence-corrected chi connectivity index (χ0v) is 9.73. The van der Waals surface area contributed by atoms with Crippen molar-refractivity contribution in [1.82, 2.24) is 20.0 Å². The molecule has 0 saturated heterocycles. The molecule has 0 fully saturated rings. The first-order valence-electron chi connectivity index (χ1n) is 4.28. The van der Waals surface area contributed by atoms with E-state index in [2.05, 4.69) is 20.0 Å². The highest BCUT2D eigenvalue weighted by molar-refractivity contribution is 7.11. The number of halogens is 3. The summed E-state index contributed by atoms with van der Waals surface area (Å²) in [5.74, 6) is 5.30. The van der Waals surface area contributed by atoms with E-state index in [4.69, 9.17) is 5.84 Å². The molecule has 0 bridgehead atoms. The van der Waals surface area contributed by atoms with E-state index in [9.17, 15) is 13.2 Å². The van der Waals surface area contributed by atoms with E-state index in [1.807, 2.05) is 0 Å². The average molecular weight is 281 g/mol. The van der Waals surface area contributed by atoms with Gasteiger partial charge in [-0.2, -0.15) is 13.2 Å².